The van der Waals surface area contributed by atoms with Gasteiger partial charge in [-0.15, -0.1) is 0 Å². The fourth-order valence-electron chi connectivity index (χ4n) is 2.63. The molecule has 2 rings (SSSR count). The molecule has 0 spiro atoms. The lowest BCUT2D eigenvalue weighted by molar-refractivity contribution is -0.136. The van der Waals surface area contributed by atoms with Crippen molar-refractivity contribution in [3.05, 3.63) is 23.0 Å². The molecule has 0 aliphatic rings. The zero-order chi connectivity index (χ0) is 18.9. The first kappa shape index (κ1) is 18.9. The second-order valence-corrected chi connectivity index (χ2v) is 7.52. The third-order valence-electron chi connectivity index (χ3n) is 3.93. The van der Waals surface area contributed by atoms with E-state index in [9.17, 15) is 9.59 Å². The molecule has 0 saturated heterocycles. The van der Waals surface area contributed by atoms with E-state index in [1.54, 1.807) is 6.07 Å². The summed E-state index contributed by atoms with van der Waals surface area (Å²) >= 11 is 0. The zero-order valence-electron chi connectivity index (χ0n) is 15.7. The molecule has 0 fully saturated rings. The topological polar surface area (TPSA) is 97.1 Å². The van der Waals surface area contributed by atoms with E-state index >= 15 is 0 Å². The molecule has 7 heteroatoms. The van der Waals surface area contributed by atoms with Crippen LogP contribution in [0.5, 0.6) is 0 Å². The largest absolute Gasteiger partial charge is 0.481 e. The fraction of sp³-hybridized carbons (Fsp3) is 0.556. The Morgan fingerprint density at radius 1 is 1.32 bits per heavy atom. The van der Waals surface area contributed by atoms with Crippen LogP contribution in [0, 0.1) is 6.92 Å². The van der Waals surface area contributed by atoms with Gasteiger partial charge in [0.15, 0.2) is 5.65 Å². The van der Waals surface area contributed by atoms with E-state index in [1.807, 2.05) is 46.2 Å². The van der Waals surface area contributed by atoms with Crippen LogP contribution in [0.2, 0.25) is 0 Å². The van der Waals surface area contributed by atoms with Crippen molar-refractivity contribution in [2.75, 3.05) is 6.54 Å². The summed E-state index contributed by atoms with van der Waals surface area (Å²) in [6.07, 6.45) is -0.114. The SMILES string of the molecule is Cc1nn(C(C)(C)C)c2nc(C(C)C)cc(C(=O)NCCC(=O)O)c12. The number of carbonyl (C=O) groups excluding carboxylic acids is 1. The maximum Gasteiger partial charge on any atom is 0.305 e. The summed E-state index contributed by atoms with van der Waals surface area (Å²) in [5.41, 5.74) is 2.44. The van der Waals surface area contributed by atoms with Crippen LogP contribution in [0.25, 0.3) is 11.0 Å². The Bertz CT molecular complexity index is 816. The molecular weight excluding hydrogens is 320 g/mol. The lowest BCUT2D eigenvalue weighted by Crippen LogP contribution is -2.27. The Morgan fingerprint density at radius 3 is 2.48 bits per heavy atom. The number of amides is 1. The number of aromatic nitrogens is 3. The van der Waals surface area contributed by atoms with E-state index in [0.717, 1.165) is 11.4 Å². The Labute approximate surface area is 147 Å². The number of nitrogens with one attached hydrogen (secondary N) is 1. The number of aryl methyl sites for hydroxylation is 1. The van der Waals surface area contributed by atoms with E-state index in [1.165, 1.54) is 0 Å². The van der Waals surface area contributed by atoms with Crippen molar-refractivity contribution in [3.8, 4) is 0 Å². The number of fused-ring (bicyclic) bond motifs is 1. The highest BCUT2D eigenvalue weighted by Gasteiger charge is 2.25. The summed E-state index contributed by atoms with van der Waals surface area (Å²) in [7, 11) is 0. The van der Waals surface area contributed by atoms with Gasteiger partial charge in [-0.05, 0) is 39.7 Å². The summed E-state index contributed by atoms with van der Waals surface area (Å²) in [5.74, 6) is -1.09. The van der Waals surface area contributed by atoms with Gasteiger partial charge in [0, 0.05) is 12.2 Å². The molecule has 0 saturated carbocycles. The summed E-state index contributed by atoms with van der Waals surface area (Å²) in [6.45, 7) is 12.1. The van der Waals surface area contributed by atoms with Crippen LogP contribution in [-0.4, -0.2) is 38.3 Å². The Morgan fingerprint density at radius 2 is 1.96 bits per heavy atom. The van der Waals surface area contributed by atoms with Crippen molar-refractivity contribution < 1.29 is 14.7 Å². The van der Waals surface area contributed by atoms with Gasteiger partial charge in [0.05, 0.1) is 28.6 Å². The van der Waals surface area contributed by atoms with Crippen LogP contribution in [0.15, 0.2) is 6.07 Å². The number of carbonyl (C=O) groups is 2. The van der Waals surface area contributed by atoms with Crippen LogP contribution in [-0.2, 0) is 10.3 Å². The standard InChI is InChI=1S/C18H26N4O3/c1-10(2)13-9-12(17(25)19-8-7-14(23)24)15-11(3)21-22(16(15)20-13)18(4,5)6/h9-10H,7-8H2,1-6H3,(H,19,25)(H,23,24). The molecule has 25 heavy (non-hydrogen) atoms. The number of aliphatic carboxylic acids is 1. The minimum absolute atomic E-state index is 0.0848. The number of hydrogen-bond donors (Lipinski definition) is 2. The highest BCUT2D eigenvalue weighted by atomic mass is 16.4. The smallest absolute Gasteiger partial charge is 0.305 e. The first-order valence-electron chi connectivity index (χ1n) is 8.43. The molecule has 2 N–H and O–H groups in total. The third kappa shape index (κ3) is 3.97. The predicted molar refractivity (Wildman–Crippen MR) is 95.9 cm³/mol. The van der Waals surface area contributed by atoms with Crippen LogP contribution >= 0.6 is 0 Å². The second kappa shape index (κ2) is 6.82. The molecule has 7 nitrogen and oxygen atoms in total. The number of nitrogens with zero attached hydrogens (tertiary/aromatic N) is 3. The highest BCUT2D eigenvalue weighted by Crippen LogP contribution is 2.28. The lowest BCUT2D eigenvalue weighted by atomic mass is 10.0. The van der Waals surface area contributed by atoms with Gasteiger partial charge in [-0.1, -0.05) is 13.8 Å². The molecule has 0 bridgehead atoms. The molecule has 0 unspecified atom stereocenters. The van der Waals surface area contributed by atoms with Crippen molar-refractivity contribution in [3.63, 3.8) is 0 Å². The summed E-state index contributed by atoms with van der Waals surface area (Å²) in [6, 6.07) is 1.78. The average molecular weight is 346 g/mol. The van der Waals surface area contributed by atoms with Gasteiger partial charge in [0.25, 0.3) is 5.91 Å². The average Bonchev–Trinajstić information content (AvgIpc) is 2.83. The summed E-state index contributed by atoms with van der Waals surface area (Å²) in [5, 5.41) is 16.7. The van der Waals surface area contributed by atoms with Gasteiger partial charge < -0.3 is 10.4 Å². The van der Waals surface area contributed by atoms with Crippen LogP contribution in [0.4, 0.5) is 0 Å². The number of carboxylic acid groups (broad SMARTS) is 1. The van der Waals surface area contributed by atoms with Crippen molar-refractivity contribution in [1.82, 2.24) is 20.1 Å². The van der Waals surface area contributed by atoms with Gasteiger partial charge in [0.1, 0.15) is 0 Å². The van der Waals surface area contributed by atoms with Gasteiger partial charge in [0.2, 0.25) is 0 Å². The molecule has 1 amide bonds. The molecule has 2 heterocycles. The second-order valence-electron chi connectivity index (χ2n) is 7.52. The van der Waals surface area contributed by atoms with Crippen LogP contribution < -0.4 is 5.32 Å². The van der Waals surface area contributed by atoms with Crippen molar-refractivity contribution in [2.45, 2.75) is 59.4 Å². The minimum atomic E-state index is -0.945. The zero-order valence-corrected chi connectivity index (χ0v) is 15.7. The van der Waals surface area contributed by atoms with Gasteiger partial charge in [-0.3, -0.25) is 9.59 Å². The van der Waals surface area contributed by atoms with Crippen molar-refractivity contribution in [2.24, 2.45) is 0 Å². The van der Waals surface area contributed by atoms with Gasteiger partial charge >= 0.3 is 5.97 Å². The Kier molecular flexibility index (Phi) is 5.15. The molecule has 136 valence electrons. The molecule has 0 atom stereocenters. The van der Waals surface area contributed by atoms with Gasteiger partial charge in [-0.25, -0.2) is 9.67 Å². The third-order valence-corrected chi connectivity index (χ3v) is 3.93. The number of rotatable bonds is 5. The fourth-order valence-corrected chi connectivity index (χ4v) is 2.63. The van der Waals surface area contributed by atoms with Crippen molar-refractivity contribution in [1.29, 1.82) is 0 Å². The molecular formula is C18H26N4O3. The lowest BCUT2D eigenvalue weighted by Gasteiger charge is -2.20. The number of pyridine rings is 1. The first-order valence-corrected chi connectivity index (χ1v) is 8.43. The summed E-state index contributed by atoms with van der Waals surface area (Å²) in [4.78, 5) is 28.1. The van der Waals surface area contributed by atoms with Gasteiger partial charge in [-0.2, -0.15) is 5.10 Å². The maximum atomic E-state index is 12.7. The first-order chi connectivity index (χ1) is 11.5. The van der Waals surface area contributed by atoms with E-state index in [-0.39, 0.29) is 30.3 Å². The predicted octanol–water partition coefficient (Wildman–Crippen LogP) is 2.82. The van der Waals surface area contributed by atoms with E-state index in [2.05, 4.69) is 10.4 Å². The molecule has 0 aliphatic carbocycles. The summed E-state index contributed by atoms with van der Waals surface area (Å²) < 4.78 is 1.84. The molecule has 2 aromatic heterocycles. The monoisotopic (exact) mass is 346 g/mol. The number of carboxylic acids is 1. The van der Waals surface area contributed by atoms with Crippen LogP contribution in [0.3, 0.4) is 0 Å². The molecule has 0 radical (unpaired) electrons. The highest BCUT2D eigenvalue weighted by molar-refractivity contribution is 6.06. The van der Waals surface area contributed by atoms with E-state index < -0.39 is 5.97 Å². The van der Waals surface area contributed by atoms with E-state index in [4.69, 9.17) is 10.1 Å². The molecule has 0 aliphatic heterocycles. The number of hydrogen-bond acceptors (Lipinski definition) is 4. The Balaban J connectivity index is 2.60. The van der Waals surface area contributed by atoms with Crippen LogP contribution in [0.1, 0.15) is 68.7 Å². The van der Waals surface area contributed by atoms with E-state index in [0.29, 0.717) is 16.6 Å². The minimum Gasteiger partial charge on any atom is -0.481 e. The molecule has 2 aromatic rings. The maximum absolute atomic E-state index is 12.7. The normalized spacial score (nSPS) is 12.0. The molecule has 0 aromatic carbocycles. The quantitative estimate of drug-likeness (QED) is 0.867. The Hall–Kier alpha value is -2.44. The van der Waals surface area contributed by atoms with Crippen molar-refractivity contribution >= 4 is 22.9 Å².